The summed E-state index contributed by atoms with van der Waals surface area (Å²) in [4.78, 5) is 9.70. The number of alkyl halides is 3. The number of thiocarbonyl (C=S) groups is 1. The standard InChI is InChI=1S/C16H24F3N5OS/c1-10-6-11(2)9-24(8-10)13-7-12(16(17,18)19)21-14(22-13)23-15(26)20-4-5-25-3/h7,10-11H,4-6,8-9H2,1-3H3,(H2,20,21,22,23,26)/t10-,11+. The number of nitrogens with one attached hydrogen (secondary N) is 2. The molecular formula is C16H24F3N5OS. The second-order valence-corrected chi connectivity index (χ2v) is 7.07. The number of nitrogens with zero attached hydrogens (tertiary/aromatic N) is 3. The van der Waals surface area contributed by atoms with Crippen LogP contribution in [0.2, 0.25) is 0 Å². The number of rotatable bonds is 5. The summed E-state index contributed by atoms with van der Waals surface area (Å²) in [6.45, 7) is 6.34. The van der Waals surface area contributed by atoms with Crippen molar-refractivity contribution in [1.82, 2.24) is 15.3 Å². The van der Waals surface area contributed by atoms with E-state index in [2.05, 4.69) is 34.4 Å². The van der Waals surface area contributed by atoms with Crippen molar-refractivity contribution < 1.29 is 17.9 Å². The Balaban J connectivity index is 2.23. The number of hydrogen-bond acceptors (Lipinski definition) is 5. The summed E-state index contributed by atoms with van der Waals surface area (Å²) in [5.74, 6) is 0.857. The van der Waals surface area contributed by atoms with Crippen molar-refractivity contribution in [3.8, 4) is 0 Å². The van der Waals surface area contributed by atoms with E-state index in [-0.39, 0.29) is 16.9 Å². The third-order valence-corrected chi connectivity index (χ3v) is 4.26. The van der Waals surface area contributed by atoms with Gasteiger partial charge < -0.3 is 20.3 Å². The van der Waals surface area contributed by atoms with Crippen LogP contribution in [0, 0.1) is 11.8 Å². The number of anilines is 2. The van der Waals surface area contributed by atoms with Gasteiger partial charge in [-0.25, -0.2) is 4.98 Å². The molecule has 2 rings (SSSR count). The largest absolute Gasteiger partial charge is 0.433 e. The first kappa shape index (κ1) is 20.6. The van der Waals surface area contributed by atoms with Gasteiger partial charge in [-0.1, -0.05) is 13.8 Å². The Morgan fingerprint density at radius 3 is 2.54 bits per heavy atom. The second kappa shape index (κ2) is 8.81. The van der Waals surface area contributed by atoms with Gasteiger partial charge in [-0.2, -0.15) is 18.2 Å². The van der Waals surface area contributed by atoms with Crippen molar-refractivity contribution in [1.29, 1.82) is 0 Å². The molecule has 1 aliphatic heterocycles. The molecule has 2 atom stereocenters. The van der Waals surface area contributed by atoms with Gasteiger partial charge in [0.05, 0.1) is 6.61 Å². The molecule has 0 aromatic carbocycles. The molecule has 2 heterocycles. The zero-order chi connectivity index (χ0) is 19.3. The number of hydrogen-bond donors (Lipinski definition) is 2. The average molecular weight is 391 g/mol. The number of halogens is 3. The highest BCUT2D eigenvalue weighted by Gasteiger charge is 2.35. The lowest BCUT2D eigenvalue weighted by molar-refractivity contribution is -0.141. The van der Waals surface area contributed by atoms with E-state index < -0.39 is 11.9 Å². The summed E-state index contributed by atoms with van der Waals surface area (Å²) < 4.78 is 44.6. The fourth-order valence-electron chi connectivity index (χ4n) is 3.06. The van der Waals surface area contributed by atoms with E-state index in [1.807, 2.05) is 4.90 Å². The number of aromatic nitrogens is 2. The lowest BCUT2D eigenvalue weighted by atomic mass is 9.92. The summed E-state index contributed by atoms with van der Waals surface area (Å²) in [6, 6.07) is 0.997. The summed E-state index contributed by atoms with van der Waals surface area (Å²) in [6.07, 6.45) is -3.52. The van der Waals surface area contributed by atoms with Crippen LogP contribution in [0.15, 0.2) is 6.07 Å². The van der Waals surface area contributed by atoms with Crippen LogP contribution in [-0.4, -0.2) is 48.4 Å². The summed E-state index contributed by atoms with van der Waals surface area (Å²) >= 11 is 5.07. The molecule has 146 valence electrons. The van der Waals surface area contributed by atoms with Gasteiger partial charge in [0.2, 0.25) is 5.95 Å². The van der Waals surface area contributed by atoms with Crippen LogP contribution in [0.25, 0.3) is 0 Å². The maximum Gasteiger partial charge on any atom is 0.433 e. The molecule has 26 heavy (non-hydrogen) atoms. The molecule has 2 N–H and O–H groups in total. The molecule has 0 unspecified atom stereocenters. The normalized spacial score (nSPS) is 20.8. The van der Waals surface area contributed by atoms with Gasteiger partial charge in [0.1, 0.15) is 5.82 Å². The Morgan fingerprint density at radius 1 is 1.31 bits per heavy atom. The second-order valence-electron chi connectivity index (χ2n) is 6.66. The van der Waals surface area contributed by atoms with Gasteiger partial charge >= 0.3 is 6.18 Å². The van der Waals surface area contributed by atoms with Crippen molar-refractivity contribution in [2.75, 3.05) is 43.6 Å². The van der Waals surface area contributed by atoms with Crippen molar-refractivity contribution in [2.24, 2.45) is 11.8 Å². The van der Waals surface area contributed by atoms with Crippen molar-refractivity contribution >= 4 is 29.1 Å². The Labute approximate surface area is 156 Å². The van der Waals surface area contributed by atoms with Crippen molar-refractivity contribution in [2.45, 2.75) is 26.4 Å². The molecule has 1 saturated heterocycles. The molecule has 10 heteroatoms. The first-order valence-corrected chi connectivity index (χ1v) is 8.85. The summed E-state index contributed by atoms with van der Waals surface area (Å²) in [7, 11) is 1.54. The van der Waals surface area contributed by atoms with E-state index in [1.54, 1.807) is 7.11 Å². The van der Waals surface area contributed by atoms with Crippen LogP contribution >= 0.6 is 12.2 Å². The Morgan fingerprint density at radius 2 is 1.96 bits per heavy atom. The number of piperidine rings is 1. The topological polar surface area (TPSA) is 62.3 Å². The molecule has 0 spiro atoms. The summed E-state index contributed by atoms with van der Waals surface area (Å²) in [5.41, 5.74) is -0.990. The van der Waals surface area contributed by atoms with E-state index in [4.69, 9.17) is 17.0 Å². The zero-order valence-electron chi connectivity index (χ0n) is 15.1. The molecule has 1 aromatic heterocycles. The zero-order valence-corrected chi connectivity index (χ0v) is 15.9. The highest BCUT2D eigenvalue weighted by atomic mass is 32.1. The van der Waals surface area contributed by atoms with Gasteiger partial charge in [-0.3, -0.25) is 0 Å². The van der Waals surface area contributed by atoms with Crippen molar-refractivity contribution in [3.63, 3.8) is 0 Å². The van der Waals surface area contributed by atoms with Crippen LogP contribution in [0.4, 0.5) is 24.9 Å². The summed E-state index contributed by atoms with van der Waals surface area (Å²) in [5, 5.41) is 5.60. The van der Waals surface area contributed by atoms with Gasteiger partial charge in [-0.15, -0.1) is 0 Å². The third kappa shape index (κ3) is 5.94. The highest BCUT2D eigenvalue weighted by molar-refractivity contribution is 7.80. The van der Waals surface area contributed by atoms with Crippen LogP contribution in [0.3, 0.4) is 0 Å². The van der Waals surface area contributed by atoms with Gasteiger partial charge in [0, 0.05) is 32.8 Å². The van der Waals surface area contributed by atoms with E-state index in [0.717, 1.165) is 12.5 Å². The molecule has 0 bridgehead atoms. The minimum absolute atomic E-state index is 0.146. The fourth-order valence-corrected chi connectivity index (χ4v) is 3.25. The molecular weight excluding hydrogens is 367 g/mol. The van der Waals surface area contributed by atoms with E-state index >= 15 is 0 Å². The van der Waals surface area contributed by atoms with E-state index in [1.165, 1.54) is 0 Å². The highest BCUT2D eigenvalue weighted by Crippen LogP contribution is 2.32. The fraction of sp³-hybridized carbons (Fsp3) is 0.688. The first-order valence-electron chi connectivity index (χ1n) is 8.44. The maximum atomic E-state index is 13.3. The average Bonchev–Trinajstić information content (AvgIpc) is 2.53. The quantitative estimate of drug-likeness (QED) is 0.591. The predicted molar refractivity (Wildman–Crippen MR) is 98.3 cm³/mol. The lowest BCUT2D eigenvalue weighted by Crippen LogP contribution is -2.39. The van der Waals surface area contributed by atoms with Crippen LogP contribution in [-0.2, 0) is 10.9 Å². The van der Waals surface area contributed by atoms with Crippen LogP contribution in [0.5, 0.6) is 0 Å². The van der Waals surface area contributed by atoms with Gasteiger partial charge in [0.15, 0.2) is 10.8 Å². The SMILES string of the molecule is COCCNC(=S)Nc1nc(N2C[C@H](C)C[C@H](C)C2)cc(C(F)(F)F)n1. The van der Waals surface area contributed by atoms with Gasteiger partial charge in [-0.05, 0) is 30.5 Å². The molecule has 0 amide bonds. The lowest BCUT2D eigenvalue weighted by Gasteiger charge is -2.36. The molecule has 1 aromatic rings. The van der Waals surface area contributed by atoms with E-state index in [9.17, 15) is 13.2 Å². The monoisotopic (exact) mass is 391 g/mol. The number of ether oxygens (including phenoxy) is 1. The maximum absolute atomic E-state index is 13.3. The number of methoxy groups -OCH3 is 1. The Hall–Kier alpha value is -1.68. The predicted octanol–water partition coefficient (Wildman–Crippen LogP) is 2.91. The minimum Gasteiger partial charge on any atom is -0.383 e. The molecule has 0 aliphatic carbocycles. The van der Waals surface area contributed by atoms with Gasteiger partial charge in [0.25, 0.3) is 0 Å². The first-order chi connectivity index (χ1) is 12.2. The smallest absolute Gasteiger partial charge is 0.383 e. The van der Waals surface area contributed by atoms with Crippen LogP contribution < -0.4 is 15.5 Å². The van der Waals surface area contributed by atoms with Crippen LogP contribution in [0.1, 0.15) is 26.0 Å². The minimum atomic E-state index is -4.56. The van der Waals surface area contributed by atoms with E-state index in [0.29, 0.717) is 38.1 Å². The Bertz CT molecular complexity index is 618. The van der Waals surface area contributed by atoms with Crippen molar-refractivity contribution in [3.05, 3.63) is 11.8 Å². The molecule has 1 fully saturated rings. The molecule has 6 nitrogen and oxygen atoms in total. The third-order valence-electron chi connectivity index (χ3n) is 4.01. The molecule has 0 saturated carbocycles. The Kier molecular flexibility index (Phi) is 6.99. The molecule has 1 aliphatic rings. The molecule has 0 radical (unpaired) electrons.